The smallest absolute Gasteiger partial charge is 0.0158 e. The fourth-order valence-corrected chi connectivity index (χ4v) is 4.48. The first-order valence-electron chi connectivity index (χ1n) is 7.28. The molecule has 2 nitrogen and oxygen atoms in total. The first kappa shape index (κ1) is 13.7. The molecule has 3 heteroatoms. The Bertz CT molecular complexity index is 221. The van der Waals surface area contributed by atoms with Gasteiger partial charge in [-0.15, -0.1) is 0 Å². The second kappa shape index (κ2) is 6.44. The Morgan fingerprint density at radius 2 is 2.12 bits per heavy atom. The molecule has 0 aromatic carbocycles. The third-order valence-corrected chi connectivity index (χ3v) is 5.68. The molecule has 0 aromatic rings. The molecular weight excluding hydrogens is 228 g/mol. The van der Waals surface area contributed by atoms with Gasteiger partial charge in [0, 0.05) is 30.6 Å². The quantitative estimate of drug-likeness (QED) is 0.832. The Labute approximate surface area is 111 Å². The van der Waals surface area contributed by atoms with Crippen LogP contribution in [-0.2, 0) is 0 Å². The monoisotopic (exact) mass is 256 g/mol. The molecule has 2 aliphatic heterocycles. The van der Waals surface area contributed by atoms with Gasteiger partial charge in [-0.1, -0.05) is 13.3 Å². The van der Waals surface area contributed by atoms with Crippen molar-refractivity contribution in [1.29, 1.82) is 0 Å². The van der Waals surface area contributed by atoms with Crippen molar-refractivity contribution in [3.8, 4) is 0 Å². The fraction of sp³-hybridized carbons (Fsp3) is 1.00. The van der Waals surface area contributed by atoms with E-state index >= 15 is 0 Å². The summed E-state index contributed by atoms with van der Waals surface area (Å²) >= 11 is 2.13. The molecule has 1 atom stereocenters. The Kier molecular flexibility index (Phi) is 5.19. The molecule has 17 heavy (non-hydrogen) atoms. The summed E-state index contributed by atoms with van der Waals surface area (Å²) in [5.41, 5.74) is 0.621. The van der Waals surface area contributed by atoms with Gasteiger partial charge >= 0.3 is 0 Å². The van der Waals surface area contributed by atoms with Crippen LogP contribution in [0.2, 0.25) is 0 Å². The molecule has 0 bridgehead atoms. The lowest BCUT2D eigenvalue weighted by Crippen LogP contribution is -2.50. The first-order chi connectivity index (χ1) is 8.26. The molecule has 0 spiro atoms. The molecule has 100 valence electrons. The van der Waals surface area contributed by atoms with Crippen LogP contribution >= 0.6 is 11.8 Å². The number of piperidine rings is 1. The molecule has 0 saturated carbocycles. The standard InChI is InChI=1S/C14H28N2S/c1-3-4-14(5-7-15-8-6-14)12-16-9-10-17-11-13(16)2/h13,15H,3-12H2,1-2H3. The van der Waals surface area contributed by atoms with E-state index in [-0.39, 0.29) is 0 Å². The zero-order valence-electron chi connectivity index (χ0n) is 11.5. The number of nitrogens with one attached hydrogen (secondary N) is 1. The van der Waals surface area contributed by atoms with E-state index in [0.717, 1.165) is 6.04 Å². The predicted octanol–water partition coefficient (Wildman–Crippen LogP) is 2.59. The molecule has 2 fully saturated rings. The molecule has 2 saturated heterocycles. The van der Waals surface area contributed by atoms with E-state index in [9.17, 15) is 0 Å². The van der Waals surface area contributed by atoms with Crippen LogP contribution in [0, 0.1) is 5.41 Å². The summed E-state index contributed by atoms with van der Waals surface area (Å²) in [6, 6.07) is 0.789. The van der Waals surface area contributed by atoms with Crippen LogP contribution in [0.5, 0.6) is 0 Å². The molecule has 0 aliphatic carbocycles. The average Bonchev–Trinajstić information content (AvgIpc) is 2.34. The maximum atomic E-state index is 3.52. The lowest BCUT2D eigenvalue weighted by atomic mass is 9.74. The Morgan fingerprint density at radius 1 is 1.35 bits per heavy atom. The molecular formula is C14H28N2S. The van der Waals surface area contributed by atoms with Crippen molar-refractivity contribution in [3.63, 3.8) is 0 Å². The molecule has 2 heterocycles. The third-order valence-electron chi connectivity index (χ3n) is 4.49. The second-order valence-corrected chi connectivity index (χ2v) is 7.04. The van der Waals surface area contributed by atoms with Crippen molar-refractivity contribution in [2.45, 2.75) is 45.6 Å². The van der Waals surface area contributed by atoms with E-state index in [1.807, 2.05) is 0 Å². The SMILES string of the molecule is CCCC1(CN2CCSCC2C)CCNCC1. The van der Waals surface area contributed by atoms with Gasteiger partial charge in [-0.05, 0) is 44.7 Å². The first-order valence-corrected chi connectivity index (χ1v) is 8.44. The largest absolute Gasteiger partial charge is 0.317 e. The van der Waals surface area contributed by atoms with Gasteiger partial charge in [0.2, 0.25) is 0 Å². The molecule has 0 radical (unpaired) electrons. The zero-order valence-corrected chi connectivity index (χ0v) is 12.3. The van der Waals surface area contributed by atoms with E-state index in [4.69, 9.17) is 0 Å². The van der Waals surface area contributed by atoms with Gasteiger partial charge < -0.3 is 5.32 Å². The van der Waals surface area contributed by atoms with Crippen molar-refractivity contribution < 1.29 is 0 Å². The Morgan fingerprint density at radius 3 is 2.76 bits per heavy atom. The minimum absolute atomic E-state index is 0.621. The van der Waals surface area contributed by atoms with Crippen molar-refractivity contribution in [2.75, 3.05) is 37.7 Å². The van der Waals surface area contributed by atoms with E-state index < -0.39 is 0 Å². The highest BCUT2D eigenvalue weighted by Crippen LogP contribution is 2.36. The second-order valence-electron chi connectivity index (χ2n) is 5.89. The van der Waals surface area contributed by atoms with Gasteiger partial charge in [0.25, 0.3) is 0 Å². The minimum Gasteiger partial charge on any atom is -0.317 e. The number of rotatable bonds is 4. The molecule has 2 aliphatic rings. The summed E-state index contributed by atoms with van der Waals surface area (Å²) in [6.07, 6.45) is 5.54. The maximum absolute atomic E-state index is 3.52. The van der Waals surface area contributed by atoms with E-state index in [1.165, 1.54) is 63.4 Å². The number of hydrogen-bond donors (Lipinski definition) is 1. The summed E-state index contributed by atoms with van der Waals surface area (Å²) in [7, 11) is 0. The van der Waals surface area contributed by atoms with Crippen LogP contribution in [0.25, 0.3) is 0 Å². The van der Waals surface area contributed by atoms with E-state index in [2.05, 4.69) is 35.8 Å². The maximum Gasteiger partial charge on any atom is 0.0158 e. The summed E-state index contributed by atoms with van der Waals surface area (Å²) in [4.78, 5) is 2.76. The van der Waals surface area contributed by atoms with Crippen molar-refractivity contribution in [3.05, 3.63) is 0 Å². The van der Waals surface area contributed by atoms with Crippen molar-refractivity contribution in [1.82, 2.24) is 10.2 Å². The fourth-order valence-electron chi connectivity index (χ4n) is 3.40. The van der Waals surface area contributed by atoms with Gasteiger partial charge in [-0.3, -0.25) is 4.90 Å². The highest BCUT2D eigenvalue weighted by atomic mass is 32.2. The molecule has 1 N–H and O–H groups in total. The Balaban J connectivity index is 1.95. The van der Waals surface area contributed by atoms with Crippen molar-refractivity contribution >= 4 is 11.8 Å². The lowest BCUT2D eigenvalue weighted by Gasteiger charge is -2.44. The third kappa shape index (κ3) is 3.62. The topological polar surface area (TPSA) is 15.3 Å². The van der Waals surface area contributed by atoms with Crippen LogP contribution in [0.4, 0.5) is 0 Å². The van der Waals surface area contributed by atoms with Gasteiger partial charge in [0.1, 0.15) is 0 Å². The van der Waals surface area contributed by atoms with E-state index in [0.29, 0.717) is 5.41 Å². The zero-order chi connectivity index (χ0) is 12.1. The highest BCUT2D eigenvalue weighted by molar-refractivity contribution is 7.99. The van der Waals surface area contributed by atoms with Gasteiger partial charge in [0.05, 0.1) is 0 Å². The number of nitrogens with zero attached hydrogens (tertiary/aromatic N) is 1. The molecule has 0 aromatic heterocycles. The molecule has 1 unspecified atom stereocenters. The number of hydrogen-bond acceptors (Lipinski definition) is 3. The predicted molar refractivity (Wildman–Crippen MR) is 77.8 cm³/mol. The van der Waals surface area contributed by atoms with Gasteiger partial charge in [0.15, 0.2) is 0 Å². The van der Waals surface area contributed by atoms with Gasteiger partial charge in [-0.25, -0.2) is 0 Å². The van der Waals surface area contributed by atoms with Gasteiger partial charge in [-0.2, -0.15) is 11.8 Å². The van der Waals surface area contributed by atoms with Crippen LogP contribution in [0.3, 0.4) is 0 Å². The highest BCUT2D eigenvalue weighted by Gasteiger charge is 2.34. The van der Waals surface area contributed by atoms with Crippen LogP contribution in [0.1, 0.15) is 39.5 Å². The van der Waals surface area contributed by atoms with Crippen molar-refractivity contribution in [2.24, 2.45) is 5.41 Å². The summed E-state index contributed by atoms with van der Waals surface area (Å²) in [5.74, 6) is 2.67. The van der Waals surface area contributed by atoms with Crippen LogP contribution in [-0.4, -0.2) is 48.6 Å². The Hall–Kier alpha value is 0.270. The van der Waals surface area contributed by atoms with Crippen LogP contribution in [0.15, 0.2) is 0 Å². The molecule has 0 amide bonds. The van der Waals surface area contributed by atoms with Crippen LogP contribution < -0.4 is 5.32 Å². The number of thioether (sulfide) groups is 1. The summed E-state index contributed by atoms with van der Waals surface area (Å²) in [6.45, 7) is 9.88. The normalized spacial score (nSPS) is 30.4. The van der Waals surface area contributed by atoms with E-state index in [1.54, 1.807) is 0 Å². The minimum atomic E-state index is 0.621. The average molecular weight is 256 g/mol. The summed E-state index contributed by atoms with van der Waals surface area (Å²) in [5, 5.41) is 3.52. The summed E-state index contributed by atoms with van der Waals surface area (Å²) < 4.78 is 0. The molecule has 2 rings (SSSR count). The lowest BCUT2D eigenvalue weighted by molar-refractivity contribution is 0.0854.